The van der Waals surface area contributed by atoms with Gasteiger partial charge in [-0.3, -0.25) is 9.97 Å². The number of rotatable bonds is 4. The molecule has 2 aromatic carbocycles. The van der Waals surface area contributed by atoms with Crippen LogP contribution in [-0.2, 0) is 0 Å². The fourth-order valence-electron chi connectivity index (χ4n) is 3.35. The van der Waals surface area contributed by atoms with Crippen LogP contribution in [0, 0.1) is 0 Å². The molecule has 3 heterocycles. The molecule has 0 atom stereocenters. The van der Waals surface area contributed by atoms with Gasteiger partial charge in [0.25, 0.3) is 0 Å². The van der Waals surface area contributed by atoms with Crippen LogP contribution in [0.2, 0.25) is 0 Å². The zero-order valence-corrected chi connectivity index (χ0v) is 14.4. The van der Waals surface area contributed by atoms with Crippen LogP contribution in [0.15, 0.2) is 60.9 Å². The van der Waals surface area contributed by atoms with Crippen LogP contribution in [0.1, 0.15) is 0 Å². The number of benzene rings is 2. The van der Waals surface area contributed by atoms with Crippen molar-refractivity contribution in [3.63, 3.8) is 0 Å². The Labute approximate surface area is 154 Å². The summed E-state index contributed by atoms with van der Waals surface area (Å²) in [5.74, 6) is 1.49. The summed E-state index contributed by atoms with van der Waals surface area (Å²) in [6.45, 7) is 0.273. The SMILES string of the molecule is OCCOc1ccc(-c2nc3c4cccnc4c4ncccc4c3[nH]2)cc1. The van der Waals surface area contributed by atoms with Gasteiger partial charge >= 0.3 is 0 Å². The molecule has 0 fully saturated rings. The smallest absolute Gasteiger partial charge is 0.138 e. The van der Waals surface area contributed by atoms with Crippen molar-refractivity contribution in [1.82, 2.24) is 19.9 Å². The van der Waals surface area contributed by atoms with Crippen LogP contribution in [-0.4, -0.2) is 38.3 Å². The summed E-state index contributed by atoms with van der Waals surface area (Å²) >= 11 is 0. The van der Waals surface area contributed by atoms with E-state index in [4.69, 9.17) is 14.8 Å². The molecule has 0 radical (unpaired) electrons. The molecule has 6 heteroatoms. The third kappa shape index (κ3) is 2.58. The van der Waals surface area contributed by atoms with E-state index in [9.17, 15) is 0 Å². The lowest BCUT2D eigenvalue weighted by Gasteiger charge is -2.04. The van der Waals surface area contributed by atoms with Crippen LogP contribution in [0.25, 0.3) is 44.2 Å². The van der Waals surface area contributed by atoms with Crippen molar-refractivity contribution < 1.29 is 9.84 Å². The largest absolute Gasteiger partial charge is 0.491 e. The van der Waals surface area contributed by atoms with Gasteiger partial charge in [-0.25, -0.2) is 4.98 Å². The number of H-pyrrole nitrogens is 1. The number of aliphatic hydroxyl groups excluding tert-OH is 1. The monoisotopic (exact) mass is 356 g/mol. The molecule has 2 N–H and O–H groups in total. The van der Waals surface area contributed by atoms with Gasteiger partial charge in [0.05, 0.1) is 28.7 Å². The standard InChI is InChI=1S/C21H16N4O2/c26-11-12-27-14-7-5-13(6-8-14)21-24-19-15-3-1-9-22-17(15)18-16(20(19)25-21)4-2-10-23-18/h1-10,26H,11-12H2,(H,24,25). The van der Waals surface area contributed by atoms with Crippen molar-refractivity contribution in [2.45, 2.75) is 0 Å². The number of aliphatic hydroxyl groups is 1. The molecule has 3 aromatic heterocycles. The highest BCUT2D eigenvalue weighted by Crippen LogP contribution is 2.33. The van der Waals surface area contributed by atoms with E-state index in [0.29, 0.717) is 5.75 Å². The maximum absolute atomic E-state index is 8.86. The average Bonchev–Trinajstić information content (AvgIpc) is 3.19. The molecule has 5 rings (SSSR count). The quantitative estimate of drug-likeness (QED) is 0.480. The van der Waals surface area contributed by atoms with Gasteiger partial charge < -0.3 is 14.8 Å². The van der Waals surface area contributed by atoms with Gasteiger partial charge in [0.2, 0.25) is 0 Å². The third-order valence-corrected chi connectivity index (χ3v) is 4.56. The minimum absolute atomic E-state index is 0.00640. The molecule has 0 amide bonds. The highest BCUT2D eigenvalue weighted by molar-refractivity contribution is 6.20. The number of aromatic nitrogens is 4. The molecule has 0 bridgehead atoms. The molecule has 132 valence electrons. The number of hydrogen-bond acceptors (Lipinski definition) is 5. The topological polar surface area (TPSA) is 83.9 Å². The Morgan fingerprint density at radius 2 is 1.56 bits per heavy atom. The zero-order chi connectivity index (χ0) is 18.2. The molecule has 0 aliphatic carbocycles. The molecular formula is C21H16N4O2. The summed E-state index contributed by atoms with van der Waals surface area (Å²) in [4.78, 5) is 17.4. The molecule has 0 aliphatic rings. The zero-order valence-electron chi connectivity index (χ0n) is 14.4. The van der Waals surface area contributed by atoms with Crippen LogP contribution < -0.4 is 4.74 Å². The number of nitrogens with zero attached hydrogens (tertiary/aromatic N) is 3. The van der Waals surface area contributed by atoms with Crippen molar-refractivity contribution in [3.8, 4) is 17.1 Å². The van der Waals surface area contributed by atoms with Gasteiger partial charge in [0.15, 0.2) is 0 Å². The highest BCUT2D eigenvalue weighted by atomic mass is 16.5. The average molecular weight is 356 g/mol. The van der Waals surface area contributed by atoms with Crippen molar-refractivity contribution in [3.05, 3.63) is 60.9 Å². The van der Waals surface area contributed by atoms with Crippen molar-refractivity contribution >= 4 is 32.8 Å². The highest BCUT2D eigenvalue weighted by Gasteiger charge is 2.14. The normalized spacial score (nSPS) is 11.4. The van der Waals surface area contributed by atoms with E-state index in [2.05, 4.69) is 15.0 Å². The molecule has 27 heavy (non-hydrogen) atoms. The molecular weight excluding hydrogens is 340 g/mol. The van der Waals surface area contributed by atoms with Crippen LogP contribution >= 0.6 is 0 Å². The lowest BCUT2D eigenvalue weighted by Crippen LogP contribution is -2.01. The molecule has 0 spiro atoms. The molecule has 0 saturated carbocycles. The lowest BCUT2D eigenvalue weighted by molar-refractivity contribution is 0.201. The van der Waals surface area contributed by atoms with E-state index >= 15 is 0 Å². The van der Waals surface area contributed by atoms with E-state index < -0.39 is 0 Å². The number of ether oxygens (including phenoxy) is 1. The third-order valence-electron chi connectivity index (χ3n) is 4.56. The fourth-order valence-corrected chi connectivity index (χ4v) is 3.35. The molecule has 0 saturated heterocycles. The van der Waals surface area contributed by atoms with Gasteiger partial charge in [-0.15, -0.1) is 0 Å². The summed E-state index contributed by atoms with van der Waals surface area (Å²) < 4.78 is 5.42. The number of aromatic amines is 1. The first kappa shape index (κ1) is 15.7. The fraction of sp³-hybridized carbons (Fsp3) is 0.0952. The number of hydrogen-bond donors (Lipinski definition) is 2. The van der Waals surface area contributed by atoms with E-state index in [1.54, 1.807) is 12.4 Å². The predicted molar refractivity (Wildman–Crippen MR) is 105 cm³/mol. The van der Waals surface area contributed by atoms with E-state index in [1.165, 1.54) is 0 Å². The number of pyridine rings is 2. The Morgan fingerprint density at radius 1 is 0.852 bits per heavy atom. The first-order valence-electron chi connectivity index (χ1n) is 8.70. The van der Waals surface area contributed by atoms with Crippen LogP contribution in [0.3, 0.4) is 0 Å². The van der Waals surface area contributed by atoms with Gasteiger partial charge in [-0.1, -0.05) is 0 Å². The maximum atomic E-state index is 8.86. The molecule has 0 aliphatic heterocycles. The van der Waals surface area contributed by atoms with Gasteiger partial charge in [-0.2, -0.15) is 0 Å². The van der Waals surface area contributed by atoms with E-state index in [-0.39, 0.29) is 13.2 Å². The number of imidazole rings is 1. The van der Waals surface area contributed by atoms with E-state index in [1.807, 2.05) is 48.5 Å². The Morgan fingerprint density at radius 3 is 2.30 bits per heavy atom. The maximum Gasteiger partial charge on any atom is 0.138 e. The van der Waals surface area contributed by atoms with Crippen molar-refractivity contribution in [2.24, 2.45) is 0 Å². The Bertz CT molecular complexity index is 1190. The lowest BCUT2D eigenvalue weighted by atomic mass is 10.1. The summed E-state index contributed by atoms with van der Waals surface area (Å²) in [5.41, 5.74) is 4.51. The summed E-state index contributed by atoms with van der Waals surface area (Å²) in [6, 6.07) is 15.5. The van der Waals surface area contributed by atoms with Crippen molar-refractivity contribution in [2.75, 3.05) is 13.2 Å². The predicted octanol–water partition coefficient (Wildman–Crippen LogP) is 3.70. The first-order valence-corrected chi connectivity index (χ1v) is 8.70. The summed E-state index contributed by atoms with van der Waals surface area (Å²) in [6.07, 6.45) is 3.56. The second-order valence-electron chi connectivity index (χ2n) is 6.20. The van der Waals surface area contributed by atoms with Gasteiger partial charge in [0, 0.05) is 28.7 Å². The Kier molecular flexibility index (Phi) is 3.69. The van der Waals surface area contributed by atoms with Crippen LogP contribution in [0.4, 0.5) is 0 Å². The number of fused-ring (bicyclic) bond motifs is 6. The van der Waals surface area contributed by atoms with Gasteiger partial charge in [-0.05, 0) is 48.5 Å². The summed E-state index contributed by atoms with van der Waals surface area (Å²) in [5, 5.41) is 10.8. The van der Waals surface area contributed by atoms with Crippen molar-refractivity contribution in [1.29, 1.82) is 0 Å². The molecule has 6 nitrogen and oxygen atoms in total. The minimum atomic E-state index is -0.00640. The van der Waals surface area contributed by atoms with Crippen LogP contribution in [0.5, 0.6) is 5.75 Å². The number of nitrogens with one attached hydrogen (secondary N) is 1. The second-order valence-corrected chi connectivity index (χ2v) is 6.20. The minimum Gasteiger partial charge on any atom is -0.491 e. The second kappa shape index (κ2) is 6.34. The molecule has 5 aromatic rings. The van der Waals surface area contributed by atoms with E-state index in [0.717, 1.165) is 44.2 Å². The summed E-state index contributed by atoms with van der Waals surface area (Å²) in [7, 11) is 0. The Balaban J connectivity index is 1.71. The van der Waals surface area contributed by atoms with Gasteiger partial charge in [0.1, 0.15) is 18.2 Å². The Hall–Kier alpha value is -3.51. The molecule has 0 unspecified atom stereocenters. The first-order chi connectivity index (χ1) is 13.3.